The van der Waals surface area contributed by atoms with Gasteiger partial charge in [-0.05, 0) is 55.0 Å². The Kier molecular flexibility index (Phi) is 9.37. The molecule has 0 radical (unpaired) electrons. The summed E-state index contributed by atoms with van der Waals surface area (Å²) in [5, 5.41) is 21.3. The zero-order valence-corrected chi connectivity index (χ0v) is 29.8. The number of pyridine rings is 1. The normalized spacial score (nSPS) is 26.3. The van der Waals surface area contributed by atoms with Gasteiger partial charge in [0.1, 0.15) is 0 Å². The van der Waals surface area contributed by atoms with Gasteiger partial charge in [0.05, 0.1) is 40.9 Å². The van der Waals surface area contributed by atoms with E-state index in [1.54, 1.807) is 30.3 Å². The molecule has 4 aliphatic rings. The molecular formula is C37H31Cl2F3N4O8. The van der Waals surface area contributed by atoms with E-state index in [-0.39, 0.29) is 49.3 Å². The number of aromatic hydroxyl groups is 1. The van der Waals surface area contributed by atoms with Crippen LogP contribution in [0.1, 0.15) is 48.3 Å². The number of carbonyl (C=O) groups is 5. The molecule has 1 saturated carbocycles. The van der Waals surface area contributed by atoms with Crippen molar-refractivity contribution in [3.05, 3.63) is 93.1 Å². The minimum Gasteiger partial charge on any atom is -0.504 e. The molecule has 54 heavy (non-hydrogen) atoms. The monoisotopic (exact) mass is 786 g/mol. The molecule has 0 bridgehead atoms. The molecule has 2 saturated heterocycles. The number of carboxylic acid groups (broad SMARTS) is 1. The number of benzene rings is 2. The van der Waals surface area contributed by atoms with E-state index in [1.807, 2.05) is 0 Å². The van der Waals surface area contributed by atoms with Crippen LogP contribution in [0.25, 0.3) is 0 Å². The summed E-state index contributed by atoms with van der Waals surface area (Å²) < 4.78 is 45.8. The highest BCUT2D eigenvalue weighted by molar-refractivity contribution is 6.33. The maximum Gasteiger partial charge on any atom is 0.417 e. The number of ether oxygens (including phenoxy) is 1. The number of hydrazine groups is 1. The molecule has 0 spiro atoms. The number of fused-ring (bicyclic) bond motifs is 4. The number of methoxy groups -OCH3 is 1. The smallest absolute Gasteiger partial charge is 0.417 e. The number of alkyl halides is 3. The molecule has 1 aromatic heterocycles. The Balaban J connectivity index is 1.41. The number of aromatic nitrogens is 1. The van der Waals surface area contributed by atoms with Crippen LogP contribution in [0.4, 0.5) is 19.0 Å². The number of para-hydroxylation sites is 1. The predicted octanol–water partition coefficient (Wildman–Crippen LogP) is 5.97. The number of nitrogens with zero attached hydrogens (tertiary/aromatic N) is 3. The van der Waals surface area contributed by atoms with Gasteiger partial charge in [-0.2, -0.15) is 18.2 Å². The second-order valence-corrected chi connectivity index (χ2v) is 14.5. The van der Waals surface area contributed by atoms with E-state index in [0.717, 1.165) is 4.90 Å². The zero-order chi connectivity index (χ0) is 38.9. The second-order valence-electron chi connectivity index (χ2n) is 13.6. The maximum absolute atomic E-state index is 15.2. The Bertz CT molecular complexity index is 2130. The van der Waals surface area contributed by atoms with Gasteiger partial charge in [0.15, 0.2) is 17.3 Å². The van der Waals surface area contributed by atoms with Gasteiger partial charge in [-0.25, -0.2) is 4.98 Å². The number of nitrogens with one attached hydrogen (secondary N) is 1. The summed E-state index contributed by atoms with van der Waals surface area (Å²) in [5.41, 5.74) is 0.527. The number of halogens is 5. The van der Waals surface area contributed by atoms with Crippen LogP contribution in [0.5, 0.6) is 11.5 Å². The number of imide groups is 2. The summed E-state index contributed by atoms with van der Waals surface area (Å²) in [7, 11) is 1.34. The molecule has 7 rings (SSSR count). The van der Waals surface area contributed by atoms with E-state index in [1.165, 1.54) is 25.3 Å². The summed E-state index contributed by atoms with van der Waals surface area (Å²) in [6, 6.07) is 11.4. The first-order valence-corrected chi connectivity index (χ1v) is 17.6. The largest absolute Gasteiger partial charge is 0.504 e. The first-order valence-electron chi connectivity index (χ1n) is 16.9. The first kappa shape index (κ1) is 37.2. The van der Waals surface area contributed by atoms with Crippen LogP contribution in [0.2, 0.25) is 10.0 Å². The average Bonchev–Trinajstić information content (AvgIpc) is 3.49. The van der Waals surface area contributed by atoms with Gasteiger partial charge < -0.3 is 14.9 Å². The Morgan fingerprint density at radius 3 is 2.43 bits per heavy atom. The number of hydrogen-bond acceptors (Lipinski definition) is 9. The number of phenolic OH excluding ortho intramolecular Hbond substituents is 1. The molecule has 2 aromatic carbocycles. The third-order valence-electron chi connectivity index (χ3n) is 11.0. The number of rotatable bonds is 9. The average molecular weight is 788 g/mol. The third kappa shape index (κ3) is 5.75. The number of phenols is 1. The summed E-state index contributed by atoms with van der Waals surface area (Å²) in [5.74, 6) is -9.53. The van der Waals surface area contributed by atoms with E-state index >= 15 is 4.79 Å². The molecule has 2 aliphatic carbocycles. The second kappa shape index (κ2) is 13.6. The van der Waals surface area contributed by atoms with Crippen LogP contribution in [0.3, 0.4) is 0 Å². The maximum atomic E-state index is 15.2. The number of carbonyl (C=O) groups excluding carboxylic acids is 4. The van der Waals surface area contributed by atoms with Crippen LogP contribution in [0.15, 0.2) is 66.4 Å². The summed E-state index contributed by atoms with van der Waals surface area (Å²) in [6.45, 7) is -0.118. The van der Waals surface area contributed by atoms with Crippen molar-refractivity contribution in [2.45, 2.75) is 43.2 Å². The Hall–Kier alpha value is -5.15. The number of carboxylic acids is 1. The van der Waals surface area contributed by atoms with Crippen molar-refractivity contribution in [1.29, 1.82) is 0 Å². The van der Waals surface area contributed by atoms with Crippen molar-refractivity contribution in [3.63, 3.8) is 0 Å². The molecule has 3 aromatic rings. The van der Waals surface area contributed by atoms with Crippen LogP contribution in [0, 0.1) is 23.7 Å². The SMILES string of the molecule is COc1cccc([C@H]2C3=CC[C@@H]4C(=O)N(CCCC(=O)O)C(=O)[C@@H]4[C@@H]3C[C@H]3C(=O)N(Nc4ncc(C(F)(F)F)cc4Cl)C(=O)[C@@]23c2ccc(Cl)cc2)c1O. The van der Waals surface area contributed by atoms with Gasteiger partial charge >= 0.3 is 12.1 Å². The van der Waals surface area contributed by atoms with Gasteiger partial charge in [-0.1, -0.05) is 59.1 Å². The minimum atomic E-state index is -4.78. The fourth-order valence-corrected chi connectivity index (χ4v) is 9.07. The predicted molar refractivity (Wildman–Crippen MR) is 185 cm³/mol. The van der Waals surface area contributed by atoms with Crippen LogP contribution in [-0.4, -0.2) is 68.4 Å². The summed E-state index contributed by atoms with van der Waals surface area (Å²) in [6.07, 6.45) is -2.79. The van der Waals surface area contributed by atoms with Crippen molar-refractivity contribution >= 4 is 58.6 Å². The molecule has 282 valence electrons. The quantitative estimate of drug-likeness (QED) is 0.174. The number of amides is 4. The molecule has 12 nitrogen and oxygen atoms in total. The van der Waals surface area contributed by atoms with Gasteiger partial charge in [-0.3, -0.25) is 34.3 Å². The number of allylic oxidation sites excluding steroid dienone is 2. The van der Waals surface area contributed by atoms with Gasteiger partial charge in [-0.15, -0.1) is 0 Å². The highest BCUT2D eigenvalue weighted by atomic mass is 35.5. The first-order chi connectivity index (χ1) is 25.6. The van der Waals surface area contributed by atoms with E-state index in [2.05, 4.69) is 10.4 Å². The lowest BCUT2D eigenvalue weighted by molar-refractivity contribution is -0.142. The van der Waals surface area contributed by atoms with Crippen molar-refractivity contribution < 1.29 is 52.1 Å². The molecule has 0 unspecified atom stereocenters. The summed E-state index contributed by atoms with van der Waals surface area (Å²) >= 11 is 12.5. The molecule has 3 fully saturated rings. The molecule has 2 aliphatic heterocycles. The van der Waals surface area contributed by atoms with Crippen LogP contribution >= 0.6 is 23.2 Å². The number of likely N-dealkylation sites (tertiary alicyclic amines) is 1. The highest BCUT2D eigenvalue weighted by Crippen LogP contribution is 2.65. The highest BCUT2D eigenvalue weighted by Gasteiger charge is 2.70. The van der Waals surface area contributed by atoms with E-state index in [4.69, 9.17) is 33.0 Å². The minimum absolute atomic E-state index is 0.0357. The number of hydrogen-bond donors (Lipinski definition) is 3. The van der Waals surface area contributed by atoms with E-state index < -0.39 is 87.2 Å². The number of anilines is 1. The van der Waals surface area contributed by atoms with Gasteiger partial charge in [0, 0.05) is 35.7 Å². The van der Waals surface area contributed by atoms with E-state index in [9.17, 15) is 37.5 Å². The lowest BCUT2D eigenvalue weighted by Gasteiger charge is -2.50. The Morgan fingerprint density at radius 1 is 1.06 bits per heavy atom. The van der Waals surface area contributed by atoms with Crippen molar-refractivity contribution in [2.24, 2.45) is 23.7 Å². The molecule has 17 heteroatoms. The lowest BCUT2D eigenvalue weighted by atomic mass is 9.49. The topological polar surface area (TPSA) is 166 Å². The van der Waals surface area contributed by atoms with Crippen LogP contribution < -0.4 is 10.2 Å². The van der Waals surface area contributed by atoms with Gasteiger partial charge in [0.2, 0.25) is 11.8 Å². The van der Waals surface area contributed by atoms with E-state index in [0.29, 0.717) is 33.4 Å². The fraction of sp³-hybridized carbons (Fsp3) is 0.351. The summed E-state index contributed by atoms with van der Waals surface area (Å²) in [4.78, 5) is 73.8. The van der Waals surface area contributed by atoms with Crippen molar-refractivity contribution in [2.75, 3.05) is 19.1 Å². The lowest BCUT2D eigenvalue weighted by Crippen LogP contribution is -2.53. The molecular weight excluding hydrogens is 756 g/mol. The standard InChI is InChI=1S/C37H31Cl2F3N4O8/c1-54-26-5-2-4-22(30(26)49)29-20-11-12-21-28(34(52)45(32(21)50)13-3-6-27(47)48)23(20)15-24-33(51)46(35(53)36(24,29)17-7-9-19(38)10-8-17)44-31-25(39)14-18(16-43-31)37(40,41)42/h2,4-5,7-11,14,16,21,23-24,28-29,49H,3,6,12-13,15H2,1H3,(H,43,44)(H,47,48)/t21-,23+,24-,28-,29+,36+/m0/s1. The van der Waals surface area contributed by atoms with Crippen LogP contribution in [-0.2, 0) is 35.6 Å². The third-order valence-corrected chi connectivity index (χ3v) is 11.5. The Morgan fingerprint density at radius 2 is 1.78 bits per heavy atom. The molecule has 6 atom stereocenters. The molecule has 4 amide bonds. The number of aliphatic carboxylic acids is 1. The zero-order valence-electron chi connectivity index (χ0n) is 28.3. The van der Waals surface area contributed by atoms with Crippen molar-refractivity contribution in [1.82, 2.24) is 14.9 Å². The molecule has 3 heterocycles. The van der Waals surface area contributed by atoms with Gasteiger partial charge in [0.25, 0.3) is 11.8 Å². The molecule has 3 N–H and O–H groups in total. The Labute approximate surface area is 315 Å². The van der Waals surface area contributed by atoms with Crippen molar-refractivity contribution in [3.8, 4) is 11.5 Å². The fourth-order valence-electron chi connectivity index (χ4n) is 8.74.